The molecule has 1 aromatic heterocycles. The van der Waals surface area contributed by atoms with Crippen molar-refractivity contribution in [2.75, 3.05) is 16.8 Å². The monoisotopic (exact) mass is 350 g/mol. The van der Waals surface area contributed by atoms with Gasteiger partial charge in [-0.3, -0.25) is 14.7 Å². The lowest BCUT2D eigenvalue weighted by atomic mass is 9.96. The Labute approximate surface area is 152 Å². The van der Waals surface area contributed by atoms with E-state index in [1.54, 1.807) is 0 Å². The van der Waals surface area contributed by atoms with E-state index in [0.717, 1.165) is 79.7 Å². The molecule has 0 unspecified atom stereocenters. The third-order valence-electron chi connectivity index (χ3n) is 5.70. The van der Waals surface area contributed by atoms with Crippen LogP contribution in [0.2, 0.25) is 0 Å². The normalized spacial score (nSPS) is 18.4. The van der Waals surface area contributed by atoms with Gasteiger partial charge in [0.15, 0.2) is 5.69 Å². The summed E-state index contributed by atoms with van der Waals surface area (Å²) in [6, 6.07) is 5.83. The van der Waals surface area contributed by atoms with Gasteiger partial charge in [0.1, 0.15) is 0 Å². The molecule has 1 aliphatic heterocycles. The van der Waals surface area contributed by atoms with Gasteiger partial charge in [0.2, 0.25) is 5.91 Å². The summed E-state index contributed by atoms with van der Waals surface area (Å²) in [7, 11) is 0. The van der Waals surface area contributed by atoms with Gasteiger partial charge in [-0.15, -0.1) is 0 Å². The number of carbonyl (C=O) groups excluding carboxylic acids is 2. The molecule has 3 aliphatic rings. The van der Waals surface area contributed by atoms with E-state index in [1.165, 1.54) is 0 Å². The van der Waals surface area contributed by atoms with Gasteiger partial charge in [-0.1, -0.05) is 0 Å². The molecule has 5 rings (SSSR count). The smallest absolute Gasteiger partial charge is 0.276 e. The van der Waals surface area contributed by atoms with Crippen LogP contribution in [-0.4, -0.2) is 28.6 Å². The van der Waals surface area contributed by atoms with Crippen molar-refractivity contribution in [1.82, 2.24) is 10.2 Å². The minimum absolute atomic E-state index is 0.159. The first-order valence-electron chi connectivity index (χ1n) is 9.52. The number of aromatic amines is 1. The number of hydrogen-bond donors (Lipinski definition) is 2. The van der Waals surface area contributed by atoms with Gasteiger partial charge < -0.3 is 10.2 Å². The van der Waals surface area contributed by atoms with E-state index in [0.29, 0.717) is 5.69 Å². The van der Waals surface area contributed by atoms with E-state index in [4.69, 9.17) is 0 Å². The Morgan fingerprint density at radius 1 is 1.15 bits per heavy atom. The quantitative estimate of drug-likeness (QED) is 0.893. The summed E-state index contributed by atoms with van der Waals surface area (Å²) >= 11 is 0. The summed E-state index contributed by atoms with van der Waals surface area (Å²) in [5.74, 6) is 0.322. The van der Waals surface area contributed by atoms with Gasteiger partial charge in [0, 0.05) is 35.1 Å². The van der Waals surface area contributed by atoms with E-state index < -0.39 is 0 Å². The van der Waals surface area contributed by atoms with Crippen LogP contribution in [0.15, 0.2) is 18.2 Å². The third-order valence-corrected chi connectivity index (χ3v) is 5.70. The molecule has 6 heteroatoms. The highest BCUT2D eigenvalue weighted by Gasteiger charge is 2.36. The van der Waals surface area contributed by atoms with Crippen molar-refractivity contribution in [2.45, 2.75) is 44.9 Å². The number of nitrogens with zero attached hydrogens (tertiary/aromatic N) is 2. The Morgan fingerprint density at radius 2 is 2.00 bits per heavy atom. The van der Waals surface area contributed by atoms with Gasteiger partial charge in [-0.05, 0) is 68.7 Å². The predicted molar refractivity (Wildman–Crippen MR) is 98.4 cm³/mol. The van der Waals surface area contributed by atoms with Crippen molar-refractivity contribution in [3.63, 3.8) is 0 Å². The molecule has 1 fully saturated rings. The molecule has 2 aliphatic carbocycles. The second kappa shape index (κ2) is 5.97. The maximum absolute atomic E-state index is 12.7. The van der Waals surface area contributed by atoms with Crippen LogP contribution in [0.1, 0.15) is 53.0 Å². The van der Waals surface area contributed by atoms with Crippen LogP contribution in [0, 0.1) is 5.92 Å². The van der Waals surface area contributed by atoms with Crippen LogP contribution in [0.3, 0.4) is 0 Å². The lowest BCUT2D eigenvalue weighted by Crippen LogP contribution is -2.30. The van der Waals surface area contributed by atoms with Crippen LogP contribution >= 0.6 is 0 Å². The van der Waals surface area contributed by atoms with Gasteiger partial charge in [0.25, 0.3) is 5.91 Å². The van der Waals surface area contributed by atoms with E-state index in [2.05, 4.69) is 15.5 Å². The number of aromatic nitrogens is 2. The van der Waals surface area contributed by atoms with Crippen molar-refractivity contribution in [3.8, 4) is 0 Å². The first-order valence-corrected chi connectivity index (χ1v) is 9.52. The zero-order valence-electron chi connectivity index (χ0n) is 14.7. The maximum Gasteiger partial charge on any atom is 0.276 e. The third kappa shape index (κ3) is 2.60. The van der Waals surface area contributed by atoms with Gasteiger partial charge in [0.05, 0.1) is 0 Å². The summed E-state index contributed by atoms with van der Waals surface area (Å²) in [4.78, 5) is 26.9. The van der Waals surface area contributed by atoms with Crippen LogP contribution in [-0.2, 0) is 24.1 Å². The van der Waals surface area contributed by atoms with Crippen molar-refractivity contribution in [1.29, 1.82) is 0 Å². The molecular formula is C20H22N4O2. The first-order chi connectivity index (χ1) is 12.7. The number of carbonyl (C=O) groups is 2. The molecule has 1 saturated carbocycles. The number of hydrogen-bond acceptors (Lipinski definition) is 3. The second-order valence-electron chi connectivity index (χ2n) is 7.55. The SMILES string of the molecule is O=C(Nc1ccc2c(c1)CCN2C(=O)C1CC1)c1n[nH]c2c1CCCC2. The Balaban J connectivity index is 1.34. The number of anilines is 2. The molecule has 26 heavy (non-hydrogen) atoms. The summed E-state index contributed by atoms with van der Waals surface area (Å²) in [5.41, 5.74) is 5.58. The molecule has 0 spiro atoms. The van der Waals surface area contributed by atoms with Crippen LogP contribution < -0.4 is 10.2 Å². The molecule has 0 radical (unpaired) electrons. The molecular weight excluding hydrogens is 328 g/mol. The number of aryl methyl sites for hydroxylation is 1. The molecule has 2 amide bonds. The highest BCUT2D eigenvalue weighted by Crippen LogP contribution is 2.37. The van der Waals surface area contributed by atoms with Gasteiger partial charge in [-0.25, -0.2) is 0 Å². The zero-order valence-corrected chi connectivity index (χ0v) is 14.7. The van der Waals surface area contributed by atoms with Crippen LogP contribution in [0.5, 0.6) is 0 Å². The minimum Gasteiger partial charge on any atom is -0.321 e. The Kier molecular flexibility index (Phi) is 3.58. The number of rotatable bonds is 3. The van der Waals surface area contributed by atoms with Crippen molar-refractivity contribution >= 4 is 23.2 Å². The lowest BCUT2D eigenvalue weighted by Gasteiger charge is -2.17. The highest BCUT2D eigenvalue weighted by atomic mass is 16.2. The number of fused-ring (bicyclic) bond motifs is 2. The highest BCUT2D eigenvalue weighted by molar-refractivity contribution is 6.04. The fourth-order valence-corrected chi connectivity index (χ4v) is 4.12. The molecule has 134 valence electrons. The molecule has 1 aromatic carbocycles. The van der Waals surface area contributed by atoms with E-state index in [-0.39, 0.29) is 17.7 Å². The zero-order chi connectivity index (χ0) is 17.7. The average Bonchev–Trinajstić information content (AvgIpc) is 3.28. The molecule has 2 N–H and O–H groups in total. The summed E-state index contributed by atoms with van der Waals surface area (Å²) in [5, 5.41) is 10.2. The average molecular weight is 350 g/mol. The minimum atomic E-state index is -0.159. The largest absolute Gasteiger partial charge is 0.321 e. The van der Waals surface area contributed by atoms with Gasteiger partial charge >= 0.3 is 0 Å². The van der Waals surface area contributed by atoms with E-state index in [9.17, 15) is 9.59 Å². The second-order valence-corrected chi connectivity index (χ2v) is 7.55. The van der Waals surface area contributed by atoms with E-state index in [1.807, 2.05) is 23.1 Å². The van der Waals surface area contributed by atoms with Gasteiger partial charge in [-0.2, -0.15) is 5.10 Å². The summed E-state index contributed by atoms with van der Waals surface area (Å²) in [6.45, 7) is 0.745. The molecule has 2 heterocycles. The molecule has 6 nitrogen and oxygen atoms in total. The Hall–Kier alpha value is -2.63. The van der Waals surface area contributed by atoms with Crippen molar-refractivity contribution in [2.24, 2.45) is 5.92 Å². The first kappa shape index (κ1) is 15.6. The number of H-pyrrole nitrogens is 1. The summed E-state index contributed by atoms with van der Waals surface area (Å²) in [6.07, 6.45) is 7.03. The van der Waals surface area contributed by atoms with Crippen LogP contribution in [0.4, 0.5) is 11.4 Å². The fraction of sp³-hybridized carbons (Fsp3) is 0.450. The standard InChI is InChI=1S/C20H22N4O2/c25-19(18-15-3-1-2-4-16(15)22-23-18)21-14-7-8-17-13(11-14)9-10-24(17)20(26)12-5-6-12/h7-8,11-12H,1-6,9-10H2,(H,21,25)(H,22,23). The number of nitrogens with one attached hydrogen (secondary N) is 2. The lowest BCUT2D eigenvalue weighted by molar-refractivity contribution is -0.119. The molecule has 2 aromatic rings. The number of amides is 2. The molecule has 0 atom stereocenters. The van der Waals surface area contributed by atoms with Crippen molar-refractivity contribution < 1.29 is 9.59 Å². The molecule has 0 bridgehead atoms. The van der Waals surface area contributed by atoms with Crippen molar-refractivity contribution in [3.05, 3.63) is 40.7 Å². The van der Waals surface area contributed by atoms with E-state index >= 15 is 0 Å². The maximum atomic E-state index is 12.7. The number of benzene rings is 1. The van der Waals surface area contributed by atoms with Crippen LogP contribution in [0.25, 0.3) is 0 Å². The predicted octanol–water partition coefficient (Wildman–Crippen LogP) is 2.84. The molecule has 0 saturated heterocycles. The topological polar surface area (TPSA) is 78.1 Å². The Morgan fingerprint density at radius 3 is 2.85 bits per heavy atom. The fourth-order valence-electron chi connectivity index (χ4n) is 4.12. The Bertz CT molecular complexity index is 897. The summed E-state index contributed by atoms with van der Waals surface area (Å²) < 4.78 is 0.